The summed E-state index contributed by atoms with van der Waals surface area (Å²) in [6.07, 6.45) is 4.30. The Hall–Kier alpha value is -1.55. The molecule has 4 nitrogen and oxygen atoms in total. The highest BCUT2D eigenvalue weighted by molar-refractivity contribution is 6.03. The number of Topliss-reactive ketones (excluding diaryl/α,β-unsaturated/α-hetero) is 1. The summed E-state index contributed by atoms with van der Waals surface area (Å²) in [4.78, 5) is 12.9. The van der Waals surface area contributed by atoms with E-state index in [4.69, 9.17) is 14.2 Å². The number of carbonyl (C=O) groups is 1. The van der Waals surface area contributed by atoms with Crippen molar-refractivity contribution in [1.82, 2.24) is 0 Å². The maximum absolute atomic E-state index is 12.9. The van der Waals surface area contributed by atoms with Crippen molar-refractivity contribution in [2.45, 2.75) is 37.9 Å². The summed E-state index contributed by atoms with van der Waals surface area (Å²) in [6, 6.07) is 5.45. The van der Waals surface area contributed by atoms with E-state index in [9.17, 15) is 4.79 Å². The lowest BCUT2D eigenvalue weighted by Crippen LogP contribution is -2.30. The van der Waals surface area contributed by atoms with Gasteiger partial charge in [0.05, 0.1) is 26.4 Å². The van der Waals surface area contributed by atoms with E-state index >= 15 is 0 Å². The number of carbonyl (C=O) groups excluding carboxylic acids is 1. The van der Waals surface area contributed by atoms with Crippen LogP contribution in [0.5, 0.6) is 11.5 Å². The van der Waals surface area contributed by atoms with Crippen molar-refractivity contribution in [3.8, 4) is 11.5 Å². The molecular weight excluding hydrogens is 256 g/mol. The standard InChI is InChI=1S/C16H20O4/c1-18-13-4-3-5-14(19-2)15(13)16(17)10-8-11-6-7-12(9-10)20-11/h3-5,10-12H,6-9H2,1-2H3. The summed E-state index contributed by atoms with van der Waals surface area (Å²) in [5.41, 5.74) is 0.573. The van der Waals surface area contributed by atoms with Crippen molar-refractivity contribution < 1.29 is 19.0 Å². The highest BCUT2D eigenvalue weighted by atomic mass is 16.5. The molecule has 2 bridgehead atoms. The number of hydrogen-bond acceptors (Lipinski definition) is 4. The number of ether oxygens (including phenoxy) is 3. The molecule has 0 N–H and O–H groups in total. The second kappa shape index (κ2) is 5.44. The molecule has 0 saturated carbocycles. The van der Waals surface area contributed by atoms with E-state index in [1.54, 1.807) is 14.2 Å². The summed E-state index contributed by atoms with van der Waals surface area (Å²) in [7, 11) is 3.17. The highest BCUT2D eigenvalue weighted by Crippen LogP contribution is 2.40. The Kier molecular flexibility index (Phi) is 3.66. The maximum atomic E-state index is 12.9. The van der Waals surface area contributed by atoms with Gasteiger partial charge in [0.15, 0.2) is 5.78 Å². The van der Waals surface area contributed by atoms with Crippen LogP contribution in [0.15, 0.2) is 18.2 Å². The second-order valence-electron chi connectivity index (χ2n) is 5.53. The average molecular weight is 276 g/mol. The van der Waals surface area contributed by atoms with Gasteiger partial charge in [-0.05, 0) is 37.8 Å². The third-order valence-corrected chi connectivity index (χ3v) is 4.34. The minimum Gasteiger partial charge on any atom is -0.496 e. The Labute approximate surface area is 119 Å². The number of ketones is 1. The van der Waals surface area contributed by atoms with Crippen LogP contribution < -0.4 is 9.47 Å². The lowest BCUT2D eigenvalue weighted by molar-refractivity contribution is -0.0150. The highest BCUT2D eigenvalue weighted by Gasteiger charge is 2.39. The third kappa shape index (κ3) is 2.29. The van der Waals surface area contributed by atoms with Gasteiger partial charge < -0.3 is 14.2 Å². The molecule has 2 saturated heterocycles. The van der Waals surface area contributed by atoms with Crippen molar-refractivity contribution in [3.63, 3.8) is 0 Å². The van der Waals surface area contributed by atoms with Gasteiger partial charge in [-0.3, -0.25) is 4.79 Å². The summed E-state index contributed by atoms with van der Waals surface area (Å²) >= 11 is 0. The Morgan fingerprint density at radius 3 is 2.15 bits per heavy atom. The first kappa shape index (κ1) is 13.4. The van der Waals surface area contributed by atoms with Gasteiger partial charge >= 0.3 is 0 Å². The number of fused-ring (bicyclic) bond motifs is 2. The Morgan fingerprint density at radius 2 is 1.65 bits per heavy atom. The van der Waals surface area contributed by atoms with Gasteiger partial charge in [0.25, 0.3) is 0 Å². The molecule has 0 amide bonds. The van der Waals surface area contributed by atoms with Gasteiger partial charge in [0, 0.05) is 5.92 Å². The molecule has 20 heavy (non-hydrogen) atoms. The van der Waals surface area contributed by atoms with Gasteiger partial charge in [-0.25, -0.2) is 0 Å². The van der Waals surface area contributed by atoms with Crippen LogP contribution in [0.1, 0.15) is 36.0 Å². The molecule has 1 aromatic rings. The molecule has 2 heterocycles. The fraction of sp³-hybridized carbons (Fsp3) is 0.562. The van der Waals surface area contributed by atoms with Crippen LogP contribution in [-0.4, -0.2) is 32.2 Å². The Bertz CT molecular complexity index is 477. The van der Waals surface area contributed by atoms with Crippen LogP contribution in [0, 0.1) is 5.92 Å². The molecule has 2 atom stereocenters. The van der Waals surface area contributed by atoms with E-state index in [-0.39, 0.29) is 23.9 Å². The monoisotopic (exact) mass is 276 g/mol. The summed E-state index contributed by atoms with van der Waals surface area (Å²) in [5.74, 6) is 1.33. The van der Waals surface area contributed by atoms with Gasteiger partial charge in [0.1, 0.15) is 17.1 Å². The fourth-order valence-corrected chi connectivity index (χ4v) is 3.37. The van der Waals surface area contributed by atoms with E-state index in [1.165, 1.54) is 0 Å². The van der Waals surface area contributed by atoms with Gasteiger partial charge in [0.2, 0.25) is 0 Å². The maximum Gasteiger partial charge on any atom is 0.173 e. The first-order chi connectivity index (χ1) is 9.72. The summed E-state index contributed by atoms with van der Waals surface area (Å²) < 4.78 is 16.5. The number of benzene rings is 1. The van der Waals surface area contributed by atoms with E-state index in [2.05, 4.69) is 0 Å². The minimum absolute atomic E-state index is 0.0199. The largest absolute Gasteiger partial charge is 0.496 e. The topological polar surface area (TPSA) is 44.8 Å². The van der Waals surface area contributed by atoms with Crippen LogP contribution in [0.4, 0.5) is 0 Å². The molecule has 3 rings (SSSR count). The first-order valence-corrected chi connectivity index (χ1v) is 7.13. The van der Waals surface area contributed by atoms with E-state index in [0.29, 0.717) is 17.1 Å². The zero-order chi connectivity index (χ0) is 14.1. The zero-order valence-corrected chi connectivity index (χ0v) is 11.9. The lowest BCUT2D eigenvalue weighted by atomic mass is 9.87. The van der Waals surface area contributed by atoms with Crippen LogP contribution in [0.25, 0.3) is 0 Å². The number of methoxy groups -OCH3 is 2. The van der Waals surface area contributed by atoms with Gasteiger partial charge in [-0.15, -0.1) is 0 Å². The molecule has 0 aromatic heterocycles. The molecule has 108 valence electrons. The van der Waals surface area contributed by atoms with Gasteiger partial charge in [-0.1, -0.05) is 6.07 Å². The van der Waals surface area contributed by atoms with Crippen LogP contribution >= 0.6 is 0 Å². The van der Waals surface area contributed by atoms with Crippen molar-refractivity contribution in [1.29, 1.82) is 0 Å². The molecule has 2 unspecified atom stereocenters. The summed E-state index contributed by atoms with van der Waals surface area (Å²) in [6.45, 7) is 0. The predicted molar refractivity (Wildman–Crippen MR) is 74.5 cm³/mol. The number of hydrogen-bond donors (Lipinski definition) is 0. The molecule has 2 aliphatic heterocycles. The molecule has 4 heteroatoms. The van der Waals surface area contributed by atoms with E-state index in [0.717, 1.165) is 25.7 Å². The summed E-state index contributed by atoms with van der Waals surface area (Å²) in [5, 5.41) is 0. The third-order valence-electron chi connectivity index (χ3n) is 4.34. The predicted octanol–water partition coefficient (Wildman–Crippen LogP) is 2.84. The average Bonchev–Trinajstić information content (AvgIpc) is 2.83. The Balaban J connectivity index is 1.90. The van der Waals surface area contributed by atoms with E-state index < -0.39 is 0 Å². The zero-order valence-electron chi connectivity index (χ0n) is 11.9. The minimum atomic E-state index is 0.0199. The molecule has 0 aliphatic carbocycles. The molecular formula is C16H20O4. The molecule has 0 radical (unpaired) electrons. The van der Waals surface area contributed by atoms with Crippen LogP contribution in [0.3, 0.4) is 0 Å². The number of rotatable bonds is 4. The molecule has 2 aliphatic rings. The van der Waals surface area contributed by atoms with E-state index in [1.807, 2.05) is 18.2 Å². The Morgan fingerprint density at radius 1 is 1.10 bits per heavy atom. The molecule has 1 aromatic carbocycles. The normalized spacial score (nSPS) is 28.2. The smallest absolute Gasteiger partial charge is 0.173 e. The second-order valence-corrected chi connectivity index (χ2v) is 5.53. The lowest BCUT2D eigenvalue weighted by Gasteiger charge is -2.28. The van der Waals surface area contributed by atoms with Crippen molar-refractivity contribution >= 4 is 5.78 Å². The molecule has 0 spiro atoms. The van der Waals surface area contributed by atoms with Crippen molar-refractivity contribution in [3.05, 3.63) is 23.8 Å². The van der Waals surface area contributed by atoms with Crippen molar-refractivity contribution in [2.75, 3.05) is 14.2 Å². The fourth-order valence-electron chi connectivity index (χ4n) is 3.37. The first-order valence-electron chi connectivity index (χ1n) is 7.13. The van der Waals surface area contributed by atoms with Crippen LogP contribution in [-0.2, 0) is 4.74 Å². The quantitative estimate of drug-likeness (QED) is 0.793. The van der Waals surface area contributed by atoms with Gasteiger partial charge in [-0.2, -0.15) is 0 Å². The molecule has 2 fully saturated rings. The van der Waals surface area contributed by atoms with Crippen LogP contribution in [0.2, 0.25) is 0 Å². The van der Waals surface area contributed by atoms with Crippen molar-refractivity contribution in [2.24, 2.45) is 5.92 Å². The SMILES string of the molecule is COc1cccc(OC)c1C(=O)C1CC2CCC(C1)O2.